The normalized spacial score (nSPS) is 21.8. The summed E-state index contributed by atoms with van der Waals surface area (Å²) in [5, 5.41) is 13.8. The van der Waals surface area contributed by atoms with Crippen LogP contribution in [0.5, 0.6) is 0 Å². The maximum absolute atomic E-state index is 12.6. The first-order valence-corrected chi connectivity index (χ1v) is 13.4. The molecular formula is C26H29N7O2S. The van der Waals surface area contributed by atoms with Gasteiger partial charge in [0.1, 0.15) is 6.04 Å². The lowest BCUT2D eigenvalue weighted by molar-refractivity contribution is -0.113. The van der Waals surface area contributed by atoms with Crippen molar-refractivity contribution in [2.24, 2.45) is 4.99 Å². The summed E-state index contributed by atoms with van der Waals surface area (Å²) < 4.78 is 7.52. The van der Waals surface area contributed by atoms with E-state index in [0.717, 1.165) is 61.1 Å². The summed E-state index contributed by atoms with van der Waals surface area (Å²) in [6.45, 7) is 3.16. The molecule has 1 saturated carbocycles. The number of hydrogen-bond acceptors (Lipinski definition) is 8. The Morgan fingerprint density at radius 2 is 1.83 bits per heavy atom. The summed E-state index contributed by atoms with van der Waals surface area (Å²) in [4.78, 5) is 22.2. The molecule has 186 valence electrons. The van der Waals surface area contributed by atoms with E-state index in [1.165, 1.54) is 31.0 Å². The maximum atomic E-state index is 12.6. The number of carbonyl (C=O) groups excluding carboxylic acids is 1. The lowest BCUT2D eigenvalue weighted by atomic mass is 9.95. The average molecular weight is 504 g/mol. The molecule has 10 heteroatoms. The predicted octanol–water partition coefficient (Wildman–Crippen LogP) is 4.15. The van der Waals surface area contributed by atoms with E-state index in [4.69, 9.17) is 4.42 Å². The molecule has 1 atom stereocenters. The number of hydrogen-bond donors (Lipinski definition) is 0. The highest BCUT2D eigenvalue weighted by molar-refractivity contribution is 8.18. The fourth-order valence-electron chi connectivity index (χ4n) is 5.33. The third kappa shape index (κ3) is 4.75. The number of benzene rings is 1. The van der Waals surface area contributed by atoms with E-state index < -0.39 is 0 Å². The number of furan rings is 1. The Labute approximate surface area is 214 Å². The van der Waals surface area contributed by atoms with E-state index in [1.54, 1.807) is 12.5 Å². The summed E-state index contributed by atoms with van der Waals surface area (Å²) >= 11 is 1.46. The first-order valence-electron chi connectivity index (χ1n) is 12.6. The third-order valence-electron chi connectivity index (χ3n) is 7.20. The molecule has 4 heterocycles. The van der Waals surface area contributed by atoms with Crippen molar-refractivity contribution in [1.82, 2.24) is 30.0 Å². The van der Waals surface area contributed by atoms with Crippen molar-refractivity contribution in [3.63, 3.8) is 0 Å². The van der Waals surface area contributed by atoms with Crippen molar-refractivity contribution < 1.29 is 9.21 Å². The molecule has 0 bridgehead atoms. The molecule has 2 fully saturated rings. The molecule has 1 aromatic carbocycles. The number of aliphatic imine (C=N–C) groups is 1. The van der Waals surface area contributed by atoms with Gasteiger partial charge in [-0.1, -0.05) is 49.6 Å². The van der Waals surface area contributed by atoms with Gasteiger partial charge in [-0.3, -0.25) is 9.69 Å². The topological polar surface area (TPSA) is 92.7 Å². The number of thioether (sulfide) groups is 1. The molecule has 3 aromatic rings. The average Bonchev–Trinajstić information content (AvgIpc) is 3.69. The summed E-state index contributed by atoms with van der Waals surface area (Å²) in [6, 6.07) is 12.2. The Morgan fingerprint density at radius 1 is 1.03 bits per heavy atom. The first kappa shape index (κ1) is 23.2. The van der Waals surface area contributed by atoms with Gasteiger partial charge in [-0.2, -0.15) is 4.99 Å². The van der Waals surface area contributed by atoms with Gasteiger partial charge < -0.3 is 9.32 Å². The van der Waals surface area contributed by atoms with Crippen LogP contribution in [0.15, 0.2) is 63.2 Å². The SMILES string of the molecule is O=C1N=C(N2CCN(C(c3ccoc3)c3nnnn3C3CCCCC3)CC2)S/C1=C\c1ccccc1. The second-order valence-corrected chi connectivity index (χ2v) is 10.5. The molecule has 3 aliphatic rings. The maximum Gasteiger partial charge on any atom is 0.286 e. The highest BCUT2D eigenvalue weighted by atomic mass is 32.2. The van der Waals surface area contributed by atoms with Crippen LogP contribution >= 0.6 is 11.8 Å². The van der Waals surface area contributed by atoms with Crippen molar-refractivity contribution in [2.75, 3.05) is 26.2 Å². The zero-order valence-electron chi connectivity index (χ0n) is 20.1. The molecule has 36 heavy (non-hydrogen) atoms. The monoisotopic (exact) mass is 503 g/mol. The van der Waals surface area contributed by atoms with Crippen LogP contribution in [0.2, 0.25) is 0 Å². The van der Waals surface area contributed by atoms with Crippen molar-refractivity contribution >= 4 is 28.9 Å². The van der Waals surface area contributed by atoms with E-state index >= 15 is 0 Å². The number of carbonyl (C=O) groups is 1. The molecule has 1 aliphatic carbocycles. The Kier molecular flexibility index (Phi) is 6.69. The predicted molar refractivity (Wildman–Crippen MR) is 138 cm³/mol. The van der Waals surface area contributed by atoms with Gasteiger partial charge in [0.05, 0.1) is 23.5 Å². The van der Waals surface area contributed by atoms with Crippen molar-refractivity contribution in [2.45, 2.75) is 44.2 Å². The Bertz CT molecular complexity index is 1240. The number of tetrazole rings is 1. The zero-order chi connectivity index (χ0) is 24.3. The number of aromatic nitrogens is 4. The van der Waals surface area contributed by atoms with Crippen LogP contribution < -0.4 is 0 Å². The van der Waals surface area contributed by atoms with Gasteiger partial charge in [0.15, 0.2) is 11.0 Å². The molecule has 0 spiro atoms. The molecule has 6 rings (SSSR count). The van der Waals surface area contributed by atoms with Gasteiger partial charge in [0.25, 0.3) is 5.91 Å². The zero-order valence-corrected chi connectivity index (χ0v) is 20.9. The quantitative estimate of drug-likeness (QED) is 0.480. The van der Waals surface area contributed by atoms with E-state index in [-0.39, 0.29) is 11.9 Å². The summed E-state index contributed by atoms with van der Waals surface area (Å²) in [6.07, 6.45) is 11.4. The second kappa shape index (κ2) is 10.4. The second-order valence-electron chi connectivity index (χ2n) is 9.48. The molecule has 2 aromatic heterocycles. The van der Waals surface area contributed by atoms with Crippen LogP contribution in [-0.4, -0.2) is 67.3 Å². The lowest BCUT2D eigenvalue weighted by Gasteiger charge is -2.39. The molecule has 1 unspecified atom stereocenters. The Balaban J connectivity index is 1.17. The minimum absolute atomic E-state index is 0.0730. The van der Waals surface area contributed by atoms with Gasteiger partial charge in [0.2, 0.25) is 0 Å². The lowest BCUT2D eigenvalue weighted by Crippen LogP contribution is -2.49. The number of amidine groups is 1. The number of nitrogens with zero attached hydrogens (tertiary/aromatic N) is 7. The smallest absolute Gasteiger partial charge is 0.286 e. The molecule has 9 nitrogen and oxygen atoms in total. The largest absolute Gasteiger partial charge is 0.472 e. The summed E-state index contributed by atoms with van der Waals surface area (Å²) in [5.41, 5.74) is 2.07. The van der Waals surface area contributed by atoms with Gasteiger partial charge in [-0.15, -0.1) is 5.10 Å². The van der Waals surface area contributed by atoms with Crippen LogP contribution in [-0.2, 0) is 4.79 Å². The number of piperazine rings is 1. The van der Waals surface area contributed by atoms with Crippen LogP contribution in [0, 0.1) is 0 Å². The van der Waals surface area contributed by atoms with Crippen LogP contribution in [0.4, 0.5) is 0 Å². The molecule has 1 saturated heterocycles. The third-order valence-corrected chi connectivity index (χ3v) is 8.24. The van der Waals surface area contributed by atoms with E-state index in [9.17, 15) is 4.79 Å². The van der Waals surface area contributed by atoms with E-state index in [1.807, 2.05) is 42.5 Å². The molecule has 1 amide bonds. The van der Waals surface area contributed by atoms with Crippen molar-refractivity contribution in [3.05, 3.63) is 70.8 Å². The Hall–Kier alpha value is -3.24. The number of amides is 1. The molecule has 0 radical (unpaired) electrons. The summed E-state index contributed by atoms with van der Waals surface area (Å²) in [5.74, 6) is 0.719. The van der Waals surface area contributed by atoms with Gasteiger partial charge >= 0.3 is 0 Å². The highest BCUT2D eigenvalue weighted by Gasteiger charge is 2.35. The summed E-state index contributed by atoms with van der Waals surface area (Å²) in [7, 11) is 0. The Morgan fingerprint density at radius 3 is 2.58 bits per heavy atom. The minimum atomic E-state index is -0.163. The van der Waals surface area contributed by atoms with Crippen molar-refractivity contribution in [1.29, 1.82) is 0 Å². The van der Waals surface area contributed by atoms with Gasteiger partial charge in [-0.25, -0.2) is 4.68 Å². The van der Waals surface area contributed by atoms with Gasteiger partial charge in [0, 0.05) is 31.7 Å². The molecular weight excluding hydrogens is 474 g/mol. The van der Waals surface area contributed by atoms with Crippen molar-refractivity contribution in [3.8, 4) is 0 Å². The van der Waals surface area contributed by atoms with E-state index in [0.29, 0.717) is 10.9 Å². The standard InChI is InChI=1S/C26H29N7O2S/c34-25-22(17-19-7-3-1-4-8-19)36-26(27-25)32-14-12-31(13-15-32)23(20-11-16-35-18-20)24-28-29-30-33(24)21-9-5-2-6-10-21/h1,3-4,7-8,11,16-18,21,23H,2,5-6,9-10,12-15H2/b22-17-. The fourth-order valence-corrected chi connectivity index (χ4v) is 6.29. The number of rotatable bonds is 5. The first-order chi connectivity index (χ1) is 17.8. The van der Waals surface area contributed by atoms with E-state index in [2.05, 4.69) is 35.0 Å². The molecule has 0 N–H and O–H groups in total. The van der Waals surface area contributed by atoms with Crippen LogP contribution in [0.3, 0.4) is 0 Å². The fraction of sp³-hybridized carbons (Fsp3) is 0.423. The van der Waals surface area contributed by atoms with Crippen LogP contribution in [0.25, 0.3) is 6.08 Å². The molecule has 2 aliphatic heterocycles. The minimum Gasteiger partial charge on any atom is -0.472 e. The van der Waals surface area contributed by atoms with Gasteiger partial charge in [-0.05, 0) is 52.7 Å². The highest BCUT2D eigenvalue weighted by Crippen LogP contribution is 2.35. The van der Waals surface area contributed by atoms with Crippen LogP contribution in [0.1, 0.15) is 61.1 Å².